The van der Waals surface area contributed by atoms with Crippen molar-refractivity contribution in [3.63, 3.8) is 0 Å². The minimum Gasteiger partial charge on any atom is -0.386 e. The predicted octanol–water partition coefficient (Wildman–Crippen LogP) is 2.49. The molecule has 0 aliphatic rings. The number of halogens is 4. The fraction of sp³-hybridized carbons (Fsp3) is 0. The molecular weight excluding hydrogens is 372 g/mol. The molecule has 0 aliphatic heterocycles. The van der Waals surface area contributed by atoms with Crippen molar-refractivity contribution >= 4 is 22.1 Å². The SMILES string of the molecule is O=C(OC(=O)c1c(F)c(F)c(F)c(F)c1S(=O)(=O)O)c1ccccc1. The van der Waals surface area contributed by atoms with E-state index in [0.717, 1.165) is 0 Å². The number of carbonyl (C=O) groups is 2. The van der Waals surface area contributed by atoms with Gasteiger partial charge in [-0.25, -0.2) is 27.2 Å². The number of carbonyl (C=O) groups excluding carboxylic acids is 2. The molecule has 0 spiro atoms. The van der Waals surface area contributed by atoms with Crippen LogP contribution in [0.4, 0.5) is 17.6 Å². The van der Waals surface area contributed by atoms with Gasteiger partial charge in [0.15, 0.2) is 28.2 Å². The zero-order chi connectivity index (χ0) is 18.9. The maximum absolute atomic E-state index is 13.8. The number of hydrogen-bond donors (Lipinski definition) is 1. The van der Waals surface area contributed by atoms with Crippen molar-refractivity contribution in [2.24, 2.45) is 0 Å². The second-order valence-electron chi connectivity index (χ2n) is 4.48. The van der Waals surface area contributed by atoms with Crippen molar-refractivity contribution in [1.82, 2.24) is 0 Å². The van der Waals surface area contributed by atoms with Gasteiger partial charge in [-0.2, -0.15) is 8.42 Å². The van der Waals surface area contributed by atoms with E-state index in [9.17, 15) is 35.6 Å². The summed E-state index contributed by atoms with van der Waals surface area (Å²) in [4.78, 5) is 21.3. The molecule has 0 unspecified atom stereocenters. The summed E-state index contributed by atoms with van der Waals surface area (Å²) in [5.74, 6) is -13.6. The van der Waals surface area contributed by atoms with Crippen LogP contribution in [0.3, 0.4) is 0 Å². The Morgan fingerprint density at radius 2 is 1.36 bits per heavy atom. The van der Waals surface area contributed by atoms with E-state index >= 15 is 0 Å². The van der Waals surface area contributed by atoms with Crippen molar-refractivity contribution in [3.8, 4) is 0 Å². The van der Waals surface area contributed by atoms with Gasteiger partial charge < -0.3 is 4.74 Å². The molecular formula is C14H6F4O6S. The lowest BCUT2D eigenvalue weighted by Crippen LogP contribution is -2.21. The second-order valence-corrected chi connectivity index (χ2v) is 5.84. The lowest BCUT2D eigenvalue weighted by molar-refractivity contribution is 0.0389. The van der Waals surface area contributed by atoms with Gasteiger partial charge in [-0.15, -0.1) is 0 Å². The first-order chi connectivity index (χ1) is 11.6. The maximum Gasteiger partial charge on any atom is 0.350 e. The number of benzene rings is 2. The van der Waals surface area contributed by atoms with Crippen LogP contribution in [0, 0.1) is 23.3 Å². The summed E-state index contributed by atoms with van der Waals surface area (Å²) in [6.07, 6.45) is 0. The fourth-order valence-electron chi connectivity index (χ4n) is 1.80. The van der Waals surface area contributed by atoms with Crippen LogP contribution < -0.4 is 0 Å². The van der Waals surface area contributed by atoms with Crippen LogP contribution >= 0.6 is 0 Å². The van der Waals surface area contributed by atoms with Crippen LogP contribution in [-0.4, -0.2) is 24.9 Å². The molecule has 1 N–H and O–H groups in total. The Bertz CT molecular complexity index is 973. The van der Waals surface area contributed by atoms with Crippen molar-refractivity contribution in [3.05, 3.63) is 64.7 Å². The lowest BCUT2D eigenvalue weighted by atomic mass is 10.2. The Hall–Kier alpha value is -2.79. The predicted molar refractivity (Wildman–Crippen MR) is 72.3 cm³/mol. The lowest BCUT2D eigenvalue weighted by Gasteiger charge is -2.10. The standard InChI is InChI=1S/C14H6F4O6S/c15-8-7(12(25(21,22)23)11(18)10(17)9(8)16)14(20)24-13(19)6-4-2-1-3-5-6/h1-5H,(H,21,22,23). The Labute approximate surface area is 137 Å². The average molecular weight is 378 g/mol. The van der Waals surface area contributed by atoms with Gasteiger partial charge in [0.05, 0.1) is 5.56 Å². The van der Waals surface area contributed by atoms with Crippen LogP contribution in [0.15, 0.2) is 35.2 Å². The van der Waals surface area contributed by atoms with Gasteiger partial charge in [0.2, 0.25) is 0 Å². The highest BCUT2D eigenvalue weighted by molar-refractivity contribution is 7.86. The Balaban J connectivity index is 2.58. The Morgan fingerprint density at radius 1 is 0.840 bits per heavy atom. The molecule has 0 radical (unpaired) electrons. The van der Waals surface area contributed by atoms with E-state index in [1.165, 1.54) is 30.3 Å². The first kappa shape index (κ1) is 18.5. The van der Waals surface area contributed by atoms with Crippen molar-refractivity contribution in [2.45, 2.75) is 4.90 Å². The van der Waals surface area contributed by atoms with E-state index in [1.54, 1.807) is 0 Å². The first-order valence-corrected chi connectivity index (χ1v) is 7.64. The summed E-state index contributed by atoms with van der Waals surface area (Å²) in [6, 6.07) is 6.56. The van der Waals surface area contributed by atoms with Gasteiger partial charge in [-0.3, -0.25) is 4.55 Å². The molecule has 0 aliphatic carbocycles. The van der Waals surface area contributed by atoms with Gasteiger partial charge in [-0.05, 0) is 12.1 Å². The summed E-state index contributed by atoms with van der Waals surface area (Å²) in [5, 5.41) is 0. The van der Waals surface area contributed by atoms with Crippen molar-refractivity contribution < 1.29 is 44.9 Å². The van der Waals surface area contributed by atoms with E-state index in [-0.39, 0.29) is 5.56 Å². The summed E-state index contributed by atoms with van der Waals surface area (Å²) in [5.41, 5.74) is -2.21. The van der Waals surface area contributed by atoms with E-state index in [2.05, 4.69) is 4.74 Å². The van der Waals surface area contributed by atoms with Gasteiger partial charge in [0.1, 0.15) is 5.56 Å². The van der Waals surface area contributed by atoms with Crippen molar-refractivity contribution in [2.75, 3.05) is 0 Å². The van der Waals surface area contributed by atoms with Crippen molar-refractivity contribution in [1.29, 1.82) is 0 Å². The molecule has 0 bridgehead atoms. The van der Waals surface area contributed by atoms with Gasteiger partial charge in [0.25, 0.3) is 10.1 Å². The molecule has 0 fully saturated rings. The molecule has 132 valence electrons. The zero-order valence-corrected chi connectivity index (χ0v) is 12.6. The van der Waals surface area contributed by atoms with E-state index in [1.807, 2.05) is 0 Å². The van der Waals surface area contributed by atoms with E-state index < -0.39 is 55.8 Å². The third-order valence-electron chi connectivity index (χ3n) is 2.88. The highest BCUT2D eigenvalue weighted by Crippen LogP contribution is 2.28. The molecule has 0 heterocycles. The Kier molecular flexibility index (Phi) is 4.90. The smallest absolute Gasteiger partial charge is 0.350 e. The molecule has 0 saturated heterocycles. The average Bonchev–Trinajstić information content (AvgIpc) is 2.55. The van der Waals surface area contributed by atoms with Crippen LogP contribution in [0.5, 0.6) is 0 Å². The van der Waals surface area contributed by atoms with Crippen LogP contribution in [0.1, 0.15) is 20.7 Å². The minimum absolute atomic E-state index is 0.229. The largest absolute Gasteiger partial charge is 0.386 e. The molecule has 2 aromatic rings. The first-order valence-electron chi connectivity index (χ1n) is 6.20. The molecule has 0 saturated carbocycles. The number of rotatable bonds is 3. The second kappa shape index (κ2) is 6.61. The summed E-state index contributed by atoms with van der Waals surface area (Å²) in [6.45, 7) is 0. The highest BCUT2D eigenvalue weighted by Gasteiger charge is 2.36. The number of ether oxygens (including phenoxy) is 1. The third-order valence-corrected chi connectivity index (χ3v) is 3.78. The van der Waals surface area contributed by atoms with Gasteiger partial charge >= 0.3 is 11.9 Å². The maximum atomic E-state index is 13.8. The molecule has 2 rings (SSSR count). The zero-order valence-electron chi connectivity index (χ0n) is 11.8. The molecule has 25 heavy (non-hydrogen) atoms. The quantitative estimate of drug-likeness (QED) is 0.220. The molecule has 11 heteroatoms. The fourth-order valence-corrected chi connectivity index (χ4v) is 2.55. The molecule has 0 amide bonds. The third kappa shape index (κ3) is 3.51. The monoisotopic (exact) mass is 378 g/mol. The van der Waals surface area contributed by atoms with Gasteiger partial charge in [0, 0.05) is 0 Å². The summed E-state index contributed by atoms with van der Waals surface area (Å²) in [7, 11) is -5.71. The molecule has 0 aromatic heterocycles. The van der Waals surface area contributed by atoms with Crippen LogP contribution in [-0.2, 0) is 14.9 Å². The van der Waals surface area contributed by atoms with Crippen LogP contribution in [0.25, 0.3) is 0 Å². The number of hydrogen-bond acceptors (Lipinski definition) is 5. The summed E-state index contributed by atoms with van der Waals surface area (Å²) >= 11 is 0. The molecule has 2 aromatic carbocycles. The minimum atomic E-state index is -5.71. The highest BCUT2D eigenvalue weighted by atomic mass is 32.2. The van der Waals surface area contributed by atoms with Crippen LogP contribution in [0.2, 0.25) is 0 Å². The van der Waals surface area contributed by atoms with Gasteiger partial charge in [-0.1, -0.05) is 18.2 Å². The topological polar surface area (TPSA) is 97.7 Å². The number of esters is 2. The molecule has 0 atom stereocenters. The molecule has 6 nitrogen and oxygen atoms in total. The van der Waals surface area contributed by atoms with E-state index in [0.29, 0.717) is 0 Å². The normalized spacial score (nSPS) is 11.2. The van der Waals surface area contributed by atoms with E-state index in [4.69, 9.17) is 4.55 Å². The Morgan fingerprint density at radius 3 is 1.88 bits per heavy atom. The summed E-state index contributed by atoms with van der Waals surface area (Å²) < 4.78 is 89.1.